The summed E-state index contributed by atoms with van der Waals surface area (Å²) in [5.41, 5.74) is 10.7. The van der Waals surface area contributed by atoms with Gasteiger partial charge in [0.25, 0.3) is 0 Å². The summed E-state index contributed by atoms with van der Waals surface area (Å²) in [5.74, 6) is 0. The second kappa shape index (κ2) is 5.64. The molecule has 0 saturated carbocycles. The third-order valence-corrected chi connectivity index (χ3v) is 4.60. The van der Waals surface area contributed by atoms with Gasteiger partial charge in [-0.3, -0.25) is 4.90 Å². The molecule has 1 aliphatic rings. The van der Waals surface area contributed by atoms with Crippen LogP contribution in [0.4, 0.5) is 0 Å². The maximum absolute atomic E-state index is 6.07. The van der Waals surface area contributed by atoms with Crippen LogP contribution in [0.5, 0.6) is 0 Å². The number of likely N-dealkylation sites (tertiary alicyclic amines) is 1. The number of nitrogens with two attached hydrogens (primary N) is 1. The molecule has 2 N–H and O–H groups in total. The van der Waals surface area contributed by atoms with Gasteiger partial charge in [0, 0.05) is 12.6 Å². The molecule has 2 nitrogen and oxygen atoms in total. The third kappa shape index (κ3) is 3.37. The number of hydrogen-bond donors (Lipinski definition) is 1. The molecule has 0 amide bonds. The lowest BCUT2D eigenvalue weighted by atomic mass is 9.81. The molecule has 2 rings (SSSR count). The van der Waals surface area contributed by atoms with Gasteiger partial charge >= 0.3 is 0 Å². The Bertz CT molecular complexity index is 427. The Morgan fingerprint density at radius 1 is 1.21 bits per heavy atom. The summed E-state index contributed by atoms with van der Waals surface area (Å²) in [4.78, 5) is 2.57. The molecular formula is C17H28N2. The Hall–Kier alpha value is -0.860. The minimum atomic E-state index is 0.386. The van der Waals surface area contributed by atoms with E-state index in [0.29, 0.717) is 18.0 Å². The first-order chi connectivity index (χ1) is 8.93. The van der Waals surface area contributed by atoms with Crippen molar-refractivity contribution in [2.24, 2.45) is 11.1 Å². The highest BCUT2D eigenvalue weighted by Gasteiger charge is 2.29. The highest BCUT2D eigenvalue weighted by atomic mass is 15.2. The number of piperidine rings is 1. The van der Waals surface area contributed by atoms with Crippen LogP contribution < -0.4 is 5.73 Å². The molecule has 1 aliphatic heterocycles. The minimum Gasteiger partial charge on any atom is -0.329 e. The summed E-state index contributed by atoms with van der Waals surface area (Å²) in [6.07, 6.45) is 2.54. The third-order valence-electron chi connectivity index (χ3n) is 4.60. The van der Waals surface area contributed by atoms with Gasteiger partial charge in [-0.2, -0.15) is 0 Å². The maximum Gasteiger partial charge on any atom is 0.0473 e. The van der Waals surface area contributed by atoms with Gasteiger partial charge in [-0.25, -0.2) is 0 Å². The molecule has 0 aromatic heterocycles. The number of hydrogen-bond acceptors (Lipinski definition) is 2. The van der Waals surface area contributed by atoms with Crippen molar-refractivity contribution in [1.29, 1.82) is 0 Å². The molecule has 1 saturated heterocycles. The van der Waals surface area contributed by atoms with E-state index in [1.165, 1.54) is 42.6 Å². The smallest absolute Gasteiger partial charge is 0.0473 e. The van der Waals surface area contributed by atoms with Crippen LogP contribution in [0, 0.1) is 19.3 Å². The average Bonchev–Trinajstić information content (AvgIpc) is 2.34. The molecule has 1 unspecified atom stereocenters. The van der Waals surface area contributed by atoms with E-state index in [1.807, 2.05) is 0 Å². The summed E-state index contributed by atoms with van der Waals surface area (Å²) in [7, 11) is 0. The van der Waals surface area contributed by atoms with Crippen molar-refractivity contribution in [2.45, 2.75) is 46.6 Å². The molecule has 1 heterocycles. The van der Waals surface area contributed by atoms with E-state index < -0.39 is 0 Å². The maximum atomic E-state index is 6.07. The lowest BCUT2D eigenvalue weighted by Crippen LogP contribution is -2.42. The number of benzene rings is 1. The first kappa shape index (κ1) is 14.5. The molecule has 1 aromatic carbocycles. The van der Waals surface area contributed by atoms with Crippen LogP contribution in [0.1, 0.15) is 49.4 Å². The molecular weight excluding hydrogens is 232 g/mol. The molecule has 0 spiro atoms. The molecule has 1 atom stereocenters. The highest BCUT2D eigenvalue weighted by molar-refractivity contribution is 5.33. The van der Waals surface area contributed by atoms with Gasteiger partial charge in [-0.15, -0.1) is 0 Å². The topological polar surface area (TPSA) is 29.3 Å². The Kier molecular flexibility index (Phi) is 4.32. The summed E-state index contributed by atoms with van der Waals surface area (Å²) in [6.45, 7) is 12.2. The van der Waals surface area contributed by atoms with Gasteiger partial charge in [0.1, 0.15) is 0 Å². The van der Waals surface area contributed by atoms with Crippen LogP contribution in [0.2, 0.25) is 0 Å². The monoisotopic (exact) mass is 260 g/mol. The summed E-state index contributed by atoms with van der Waals surface area (Å²) < 4.78 is 0. The fourth-order valence-electron chi connectivity index (χ4n) is 3.11. The van der Waals surface area contributed by atoms with E-state index in [2.05, 4.69) is 50.8 Å². The minimum absolute atomic E-state index is 0.386. The predicted octanol–water partition coefficient (Wildman–Crippen LogP) is 3.43. The van der Waals surface area contributed by atoms with E-state index in [-0.39, 0.29) is 0 Å². The highest BCUT2D eigenvalue weighted by Crippen LogP contribution is 2.34. The Morgan fingerprint density at radius 3 is 2.37 bits per heavy atom. The predicted molar refractivity (Wildman–Crippen MR) is 82.3 cm³/mol. The van der Waals surface area contributed by atoms with Crippen LogP contribution >= 0.6 is 0 Å². The first-order valence-corrected chi connectivity index (χ1v) is 7.44. The lowest BCUT2D eigenvalue weighted by Gasteiger charge is -2.41. The fraction of sp³-hybridized carbons (Fsp3) is 0.647. The summed E-state index contributed by atoms with van der Waals surface area (Å²) >= 11 is 0. The zero-order chi connectivity index (χ0) is 14.0. The van der Waals surface area contributed by atoms with E-state index in [1.54, 1.807) is 0 Å². The number of rotatable bonds is 3. The second-order valence-electron chi connectivity index (χ2n) is 6.81. The number of nitrogens with zero attached hydrogens (tertiary/aromatic N) is 1. The van der Waals surface area contributed by atoms with Crippen molar-refractivity contribution < 1.29 is 0 Å². The van der Waals surface area contributed by atoms with Crippen LogP contribution in [-0.2, 0) is 0 Å². The molecule has 106 valence electrons. The van der Waals surface area contributed by atoms with E-state index in [9.17, 15) is 0 Å². The van der Waals surface area contributed by atoms with E-state index in [0.717, 1.165) is 0 Å². The molecule has 0 bridgehead atoms. The van der Waals surface area contributed by atoms with Crippen molar-refractivity contribution in [3.8, 4) is 0 Å². The lowest BCUT2D eigenvalue weighted by molar-refractivity contribution is 0.0961. The van der Waals surface area contributed by atoms with Gasteiger partial charge in [0.2, 0.25) is 0 Å². The molecule has 0 radical (unpaired) electrons. The molecule has 0 aliphatic carbocycles. The SMILES string of the molecule is Cc1ccc(C(CN)N2CCC(C)(C)CC2)c(C)c1. The van der Waals surface area contributed by atoms with Gasteiger partial charge < -0.3 is 5.73 Å². The normalized spacial score (nSPS) is 21.3. The molecule has 1 fully saturated rings. The summed E-state index contributed by atoms with van der Waals surface area (Å²) in [6, 6.07) is 7.13. The van der Waals surface area contributed by atoms with Crippen molar-refractivity contribution >= 4 is 0 Å². The van der Waals surface area contributed by atoms with Gasteiger partial charge in [0.05, 0.1) is 0 Å². The van der Waals surface area contributed by atoms with Crippen LogP contribution in [0.25, 0.3) is 0 Å². The second-order valence-corrected chi connectivity index (χ2v) is 6.81. The standard InChI is InChI=1S/C17H28N2/c1-13-5-6-15(14(2)11-13)16(12-18)19-9-7-17(3,4)8-10-19/h5-6,11,16H,7-10,12,18H2,1-4H3. The van der Waals surface area contributed by atoms with Crippen molar-refractivity contribution in [2.75, 3.05) is 19.6 Å². The first-order valence-electron chi connectivity index (χ1n) is 7.44. The van der Waals surface area contributed by atoms with Crippen LogP contribution in [-0.4, -0.2) is 24.5 Å². The Morgan fingerprint density at radius 2 is 1.84 bits per heavy atom. The zero-order valence-electron chi connectivity index (χ0n) is 12.9. The molecule has 2 heteroatoms. The van der Waals surface area contributed by atoms with E-state index >= 15 is 0 Å². The van der Waals surface area contributed by atoms with Crippen molar-refractivity contribution in [3.05, 3.63) is 34.9 Å². The Balaban J connectivity index is 2.16. The van der Waals surface area contributed by atoms with Gasteiger partial charge in [0.15, 0.2) is 0 Å². The fourth-order valence-corrected chi connectivity index (χ4v) is 3.11. The number of aryl methyl sites for hydroxylation is 2. The van der Waals surface area contributed by atoms with Crippen LogP contribution in [0.15, 0.2) is 18.2 Å². The van der Waals surface area contributed by atoms with Crippen LogP contribution in [0.3, 0.4) is 0 Å². The van der Waals surface area contributed by atoms with E-state index in [4.69, 9.17) is 5.73 Å². The summed E-state index contributed by atoms with van der Waals surface area (Å²) in [5, 5.41) is 0. The molecule has 19 heavy (non-hydrogen) atoms. The van der Waals surface area contributed by atoms with Gasteiger partial charge in [-0.05, 0) is 56.3 Å². The quantitative estimate of drug-likeness (QED) is 0.902. The van der Waals surface area contributed by atoms with Crippen molar-refractivity contribution in [3.63, 3.8) is 0 Å². The van der Waals surface area contributed by atoms with Crippen molar-refractivity contribution in [1.82, 2.24) is 4.90 Å². The molecule has 1 aromatic rings. The van der Waals surface area contributed by atoms with Gasteiger partial charge in [-0.1, -0.05) is 37.6 Å². The average molecular weight is 260 g/mol. The zero-order valence-corrected chi connectivity index (χ0v) is 12.9. The Labute approximate surface area is 118 Å². The largest absolute Gasteiger partial charge is 0.329 e.